The van der Waals surface area contributed by atoms with E-state index < -0.39 is 23.3 Å². The topological polar surface area (TPSA) is 57.5 Å². The maximum Gasteiger partial charge on any atom is 0.313 e. The molecule has 1 atom stereocenters. The summed E-state index contributed by atoms with van der Waals surface area (Å²) in [5.74, 6) is -2.61. The van der Waals surface area contributed by atoms with Crippen LogP contribution in [0.5, 0.6) is 0 Å². The molecule has 1 saturated carbocycles. The maximum atomic E-state index is 13.2. The zero-order chi connectivity index (χ0) is 13.2. The number of carboxylic acid groups (broad SMARTS) is 1. The van der Waals surface area contributed by atoms with Gasteiger partial charge in [0.05, 0.1) is 5.60 Å². The predicted octanol–water partition coefficient (Wildman–Crippen LogP) is 2.69. The Morgan fingerprint density at radius 3 is 2.50 bits per heavy atom. The van der Waals surface area contributed by atoms with Crippen molar-refractivity contribution in [1.82, 2.24) is 0 Å². The molecule has 4 heteroatoms. The van der Waals surface area contributed by atoms with Crippen molar-refractivity contribution >= 4 is 5.97 Å². The van der Waals surface area contributed by atoms with Crippen molar-refractivity contribution in [1.29, 1.82) is 0 Å². The third-order valence-corrected chi connectivity index (χ3v) is 3.69. The number of carbonyl (C=O) groups is 1. The maximum absolute atomic E-state index is 13.2. The van der Waals surface area contributed by atoms with E-state index in [1.807, 2.05) is 0 Å². The van der Waals surface area contributed by atoms with E-state index in [4.69, 9.17) is 0 Å². The van der Waals surface area contributed by atoms with Crippen LogP contribution in [0.1, 0.15) is 43.6 Å². The van der Waals surface area contributed by atoms with Crippen molar-refractivity contribution in [2.75, 3.05) is 0 Å². The number of halogens is 1. The van der Waals surface area contributed by atoms with Gasteiger partial charge in [0.1, 0.15) is 11.7 Å². The normalized spacial score (nSPS) is 20.3. The van der Waals surface area contributed by atoms with Gasteiger partial charge in [-0.05, 0) is 30.5 Å². The number of carboxylic acids is 1. The molecule has 3 nitrogen and oxygen atoms in total. The third-order valence-electron chi connectivity index (χ3n) is 3.69. The van der Waals surface area contributed by atoms with E-state index in [2.05, 4.69) is 0 Å². The van der Waals surface area contributed by atoms with Gasteiger partial charge in [-0.3, -0.25) is 4.79 Å². The molecular weight excluding hydrogens is 235 g/mol. The summed E-state index contributed by atoms with van der Waals surface area (Å²) >= 11 is 0. The fourth-order valence-corrected chi connectivity index (χ4v) is 2.82. The zero-order valence-electron chi connectivity index (χ0n) is 10.1. The van der Waals surface area contributed by atoms with E-state index >= 15 is 0 Å². The fraction of sp³-hybridized carbons (Fsp3) is 0.500. The molecule has 1 aliphatic rings. The molecule has 1 aromatic carbocycles. The SMILES string of the molecule is O=C(O)C(c1cccc(F)c1)C1(O)CCCCC1. The van der Waals surface area contributed by atoms with Crippen LogP contribution in [0.15, 0.2) is 24.3 Å². The van der Waals surface area contributed by atoms with E-state index in [-0.39, 0.29) is 0 Å². The molecule has 0 amide bonds. The van der Waals surface area contributed by atoms with Gasteiger partial charge in [-0.2, -0.15) is 0 Å². The Morgan fingerprint density at radius 2 is 1.94 bits per heavy atom. The molecular formula is C14H17FO3. The fourth-order valence-electron chi connectivity index (χ4n) is 2.82. The Morgan fingerprint density at radius 1 is 1.28 bits per heavy atom. The van der Waals surface area contributed by atoms with Crippen LogP contribution in [0.3, 0.4) is 0 Å². The highest BCUT2D eigenvalue weighted by molar-refractivity contribution is 5.77. The summed E-state index contributed by atoms with van der Waals surface area (Å²) in [5.41, 5.74) is -0.912. The van der Waals surface area contributed by atoms with Gasteiger partial charge in [0.2, 0.25) is 0 Å². The second kappa shape index (κ2) is 5.06. The van der Waals surface area contributed by atoms with Crippen LogP contribution in [-0.2, 0) is 4.79 Å². The molecule has 2 rings (SSSR count). The molecule has 0 spiro atoms. The lowest BCUT2D eigenvalue weighted by Crippen LogP contribution is -2.42. The van der Waals surface area contributed by atoms with Crippen molar-refractivity contribution in [3.05, 3.63) is 35.6 Å². The van der Waals surface area contributed by atoms with Gasteiger partial charge < -0.3 is 10.2 Å². The summed E-state index contributed by atoms with van der Waals surface area (Å²) in [4.78, 5) is 11.4. The first-order valence-electron chi connectivity index (χ1n) is 6.23. The quantitative estimate of drug-likeness (QED) is 0.869. The molecule has 1 aromatic rings. The molecule has 1 aliphatic carbocycles. The first kappa shape index (κ1) is 13.0. The first-order chi connectivity index (χ1) is 8.53. The molecule has 0 aromatic heterocycles. The smallest absolute Gasteiger partial charge is 0.313 e. The van der Waals surface area contributed by atoms with E-state index in [0.717, 1.165) is 19.3 Å². The summed E-state index contributed by atoms with van der Waals surface area (Å²) in [5, 5.41) is 19.9. The van der Waals surface area contributed by atoms with Crippen molar-refractivity contribution in [3.63, 3.8) is 0 Å². The molecule has 0 saturated heterocycles. The molecule has 98 valence electrons. The van der Waals surface area contributed by atoms with Crippen molar-refractivity contribution in [2.24, 2.45) is 0 Å². The van der Waals surface area contributed by atoms with Crippen molar-refractivity contribution in [3.8, 4) is 0 Å². The number of benzene rings is 1. The Kier molecular flexibility index (Phi) is 3.66. The van der Waals surface area contributed by atoms with Gasteiger partial charge in [-0.25, -0.2) is 4.39 Å². The minimum atomic E-state index is -1.25. The monoisotopic (exact) mass is 252 g/mol. The highest BCUT2D eigenvalue weighted by Gasteiger charge is 2.43. The summed E-state index contributed by atoms with van der Waals surface area (Å²) in [7, 11) is 0. The Bertz CT molecular complexity index is 438. The molecule has 0 radical (unpaired) electrons. The molecule has 18 heavy (non-hydrogen) atoms. The van der Waals surface area contributed by atoms with Crippen LogP contribution >= 0.6 is 0 Å². The van der Waals surface area contributed by atoms with Gasteiger partial charge in [0, 0.05) is 0 Å². The molecule has 1 unspecified atom stereocenters. The Labute approximate surface area is 105 Å². The molecule has 0 bridgehead atoms. The van der Waals surface area contributed by atoms with E-state index in [1.54, 1.807) is 6.07 Å². The molecule has 0 heterocycles. The van der Waals surface area contributed by atoms with Crippen LogP contribution in [0.25, 0.3) is 0 Å². The van der Waals surface area contributed by atoms with Crippen molar-refractivity contribution < 1.29 is 19.4 Å². The minimum Gasteiger partial charge on any atom is -0.481 e. The number of hydrogen-bond donors (Lipinski definition) is 2. The Hall–Kier alpha value is -1.42. The lowest BCUT2D eigenvalue weighted by molar-refractivity contribution is -0.147. The second-order valence-electron chi connectivity index (χ2n) is 4.99. The molecule has 1 fully saturated rings. The average Bonchev–Trinajstić information content (AvgIpc) is 2.29. The highest BCUT2D eigenvalue weighted by Crippen LogP contribution is 2.40. The van der Waals surface area contributed by atoms with Gasteiger partial charge in [-0.1, -0.05) is 31.4 Å². The van der Waals surface area contributed by atoms with E-state index in [9.17, 15) is 19.4 Å². The third kappa shape index (κ3) is 2.53. The van der Waals surface area contributed by atoms with Gasteiger partial charge in [-0.15, -0.1) is 0 Å². The highest BCUT2D eigenvalue weighted by atomic mass is 19.1. The first-order valence-corrected chi connectivity index (χ1v) is 6.23. The summed E-state index contributed by atoms with van der Waals surface area (Å²) in [6.07, 6.45) is 3.56. The standard InChI is InChI=1S/C14H17FO3/c15-11-6-4-5-10(9-11)12(13(16)17)14(18)7-2-1-3-8-14/h4-6,9,12,18H,1-3,7-8H2,(H,16,17). The number of aliphatic hydroxyl groups is 1. The van der Waals surface area contributed by atoms with Crippen LogP contribution in [0.2, 0.25) is 0 Å². The van der Waals surface area contributed by atoms with Crippen LogP contribution in [-0.4, -0.2) is 21.8 Å². The van der Waals surface area contributed by atoms with E-state index in [1.165, 1.54) is 18.2 Å². The minimum absolute atomic E-state index is 0.340. The molecule has 0 aliphatic heterocycles. The largest absolute Gasteiger partial charge is 0.481 e. The lowest BCUT2D eigenvalue weighted by atomic mass is 9.73. The van der Waals surface area contributed by atoms with Gasteiger partial charge >= 0.3 is 5.97 Å². The van der Waals surface area contributed by atoms with Crippen molar-refractivity contribution in [2.45, 2.75) is 43.6 Å². The van der Waals surface area contributed by atoms with Gasteiger partial charge in [0.25, 0.3) is 0 Å². The number of rotatable bonds is 3. The van der Waals surface area contributed by atoms with Gasteiger partial charge in [0.15, 0.2) is 0 Å². The summed E-state index contributed by atoms with van der Waals surface area (Å²) in [6, 6.07) is 5.51. The predicted molar refractivity (Wildman–Crippen MR) is 64.8 cm³/mol. The number of hydrogen-bond acceptors (Lipinski definition) is 2. The van der Waals surface area contributed by atoms with Crippen LogP contribution in [0.4, 0.5) is 4.39 Å². The lowest BCUT2D eigenvalue weighted by Gasteiger charge is -2.37. The summed E-state index contributed by atoms with van der Waals surface area (Å²) in [6.45, 7) is 0. The van der Waals surface area contributed by atoms with Crippen LogP contribution in [0, 0.1) is 5.82 Å². The van der Waals surface area contributed by atoms with E-state index in [0.29, 0.717) is 18.4 Å². The average molecular weight is 252 g/mol. The van der Waals surface area contributed by atoms with Crippen LogP contribution < -0.4 is 0 Å². The molecule has 2 N–H and O–H groups in total. The summed E-state index contributed by atoms with van der Waals surface area (Å²) < 4.78 is 13.2. The number of aliphatic carboxylic acids is 1. The Balaban J connectivity index is 2.36. The second-order valence-corrected chi connectivity index (χ2v) is 4.99. The zero-order valence-corrected chi connectivity index (χ0v) is 10.1.